The number of pyridine rings is 2. The van der Waals surface area contributed by atoms with Crippen LogP contribution in [0.15, 0.2) is 42.7 Å². The molecule has 5 heteroatoms. The SMILES string of the molecule is O=C(OCc1ccccn1)c1ccc(N2CCCCCC2)nc1. The van der Waals surface area contributed by atoms with Crippen LogP contribution >= 0.6 is 0 Å². The molecule has 2 aromatic heterocycles. The Hall–Kier alpha value is -2.43. The predicted molar refractivity (Wildman–Crippen MR) is 88.3 cm³/mol. The standard InChI is InChI=1S/C18H21N3O2/c22-18(23-14-16-7-3-4-10-19-16)15-8-9-17(20-13-15)21-11-5-1-2-6-12-21/h3-4,7-10,13H,1-2,5-6,11-12,14H2. The van der Waals surface area contributed by atoms with Crippen molar-refractivity contribution in [2.24, 2.45) is 0 Å². The summed E-state index contributed by atoms with van der Waals surface area (Å²) in [5.74, 6) is 0.568. The van der Waals surface area contributed by atoms with Gasteiger partial charge in [-0.25, -0.2) is 9.78 Å². The Bertz CT molecular complexity index is 620. The topological polar surface area (TPSA) is 55.3 Å². The first-order valence-corrected chi connectivity index (χ1v) is 8.11. The number of anilines is 1. The molecule has 0 N–H and O–H groups in total. The van der Waals surface area contributed by atoms with E-state index in [-0.39, 0.29) is 12.6 Å². The number of hydrogen-bond donors (Lipinski definition) is 0. The minimum Gasteiger partial charge on any atom is -0.456 e. The fourth-order valence-electron chi connectivity index (χ4n) is 2.70. The quantitative estimate of drug-likeness (QED) is 0.812. The van der Waals surface area contributed by atoms with Gasteiger partial charge in [-0.1, -0.05) is 18.9 Å². The zero-order chi connectivity index (χ0) is 15.9. The largest absolute Gasteiger partial charge is 0.456 e. The molecule has 0 aliphatic carbocycles. The van der Waals surface area contributed by atoms with Crippen molar-refractivity contribution >= 4 is 11.8 Å². The number of carbonyl (C=O) groups is 1. The van der Waals surface area contributed by atoms with Crippen molar-refractivity contribution in [2.75, 3.05) is 18.0 Å². The van der Waals surface area contributed by atoms with E-state index >= 15 is 0 Å². The number of carbonyl (C=O) groups excluding carboxylic acids is 1. The molecule has 0 amide bonds. The summed E-state index contributed by atoms with van der Waals surface area (Å²) in [7, 11) is 0. The highest BCUT2D eigenvalue weighted by molar-refractivity contribution is 5.89. The summed E-state index contributed by atoms with van der Waals surface area (Å²) >= 11 is 0. The molecule has 0 unspecified atom stereocenters. The maximum atomic E-state index is 12.1. The van der Waals surface area contributed by atoms with Crippen LogP contribution in [0.2, 0.25) is 0 Å². The fourth-order valence-corrected chi connectivity index (χ4v) is 2.70. The van der Waals surface area contributed by atoms with Gasteiger partial charge in [-0.3, -0.25) is 4.98 Å². The average Bonchev–Trinajstić information content (AvgIpc) is 2.90. The van der Waals surface area contributed by atoms with Gasteiger partial charge >= 0.3 is 5.97 Å². The fraction of sp³-hybridized carbons (Fsp3) is 0.389. The van der Waals surface area contributed by atoms with Crippen molar-refractivity contribution in [3.05, 3.63) is 54.0 Å². The van der Waals surface area contributed by atoms with Gasteiger partial charge in [0, 0.05) is 25.5 Å². The lowest BCUT2D eigenvalue weighted by molar-refractivity contribution is 0.0467. The van der Waals surface area contributed by atoms with Crippen LogP contribution in [0.25, 0.3) is 0 Å². The van der Waals surface area contributed by atoms with E-state index in [9.17, 15) is 4.79 Å². The van der Waals surface area contributed by atoms with E-state index in [2.05, 4.69) is 14.9 Å². The molecule has 120 valence electrons. The molecule has 1 aliphatic rings. The Morgan fingerprint density at radius 3 is 2.52 bits per heavy atom. The van der Waals surface area contributed by atoms with Gasteiger partial charge < -0.3 is 9.64 Å². The van der Waals surface area contributed by atoms with E-state index in [0.717, 1.165) is 24.6 Å². The molecular weight excluding hydrogens is 290 g/mol. The Balaban J connectivity index is 1.58. The average molecular weight is 311 g/mol. The van der Waals surface area contributed by atoms with Crippen molar-refractivity contribution in [2.45, 2.75) is 32.3 Å². The van der Waals surface area contributed by atoms with Gasteiger partial charge in [0.2, 0.25) is 0 Å². The minimum atomic E-state index is -0.370. The first-order valence-electron chi connectivity index (χ1n) is 8.11. The number of esters is 1. The maximum absolute atomic E-state index is 12.1. The molecule has 0 saturated carbocycles. The molecule has 1 saturated heterocycles. The molecule has 0 atom stereocenters. The van der Waals surface area contributed by atoms with Gasteiger partial charge in [-0.05, 0) is 37.1 Å². The Labute approximate surface area is 136 Å². The van der Waals surface area contributed by atoms with Crippen molar-refractivity contribution in [3.63, 3.8) is 0 Å². The Kier molecular flexibility index (Phi) is 5.19. The molecule has 23 heavy (non-hydrogen) atoms. The number of hydrogen-bond acceptors (Lipinski definition) is 5. The highest BCUT2D eigenvalue weighted by atomic mass is 16.5. The third-order valence-electron chi connectivity index (χ3n) is 3.99. The number of nitrogens with zero attached hydrogens (tertiary/aromatic N) is 3. The number of rotatable bonds is 4. The monoisotopic (exact) mass is 311 g/mol. The molecule has 0 radical (unpaired) electrons. The third-order valence-corrected chi connectivity index (χ3v) is 3.99. The van der Waals surface area contributed by atoms with Gasteiger partial charge in [0.25, 0.3) is 0 Å². The van der Waals surface area contributed by atoms with E-state index in [0.29, 0.717) is 5.56 Å². The van der Waals surface area contributed by atoms with E-state index in [1.54, 1.807) is 18.5 Å². The van der Waals surface area contributed by atoms with Gasteiger partial charge in [-0.2, -0.15) is 0 Å². The van der Waals surface area contributed by atoms with E-state index < -0.39 is 0 Å². The summed E-state index contributed by atoms with van der Waals surface area (Å²) < 4.78 is 5.26. The molecule has 0 bridgehead atoms. The van der Waals surface area contributed by atoms with Crippen LogP contribution in [0.1, 0.15) is 41.7 Å². The van der Waals surface area contributed by atoms with Gasteiger partial charge in [0.05, 0.1) is 11.3 Å². The summed E-state index contributed by atoms with van der Waals surface area (Å²) in [6.07, 6.45) is 8.26. The Morgan fingerprint density at radius 1 is 1.04 bits per heavy atom. The summed E-state index contributed by atoms with van der Waals surface area (Å²) in [6.45, 7) is 2.25. The van der Waals surface area contributed by atoms with Gasteiger partial charge in [-0.15, -0.1) is 0 Å². The smallest absolute Gasteiger partial charge is 0.340 e. The van der Waals surface area contributed by atoms with Crippen LogP contribution < -0.4 is 4.90 Å². The minimum absolute atomic E-state index is 0.174. The van der Waals surface area contributed by atoms with Crippen LogP contribution in [0.4, 0.5) is 5.82 Å². The van der Waals surface area contributed by atoms with E-state index in [1.165, 1.54) is 25.7 Å². The van der Waals surface area contributed by atoms with Gasteiger partial charge in [0.1, 0.15) is 12.4 Å². The van der Waals surface area contributed by atoms with Crippen LogP contribution in [0.3, 0.4) is 0 Å². The molecule has 0 spiro atoms. The van der Waals surface area contributed by atoms with E-state index in [1.807, 2.05) is 24.3 Å². The molecule has 0 aromatic carbocycles. The highest BCUT2D eigenvalue weighted by Gasteiger charge is 2.13. The van der Waals surface area contributed by atoms with E-state index in [4.69, 9.17) is 4.74 Å². The van der Waals surface area contributed by atoms with Crippen molar-refractivity contribution in [3.8, 4) is 0 Å². The number of aromatic nitrogens is 2. The molecular formula is C18H21N3O2. The second-order valence-electron chi connectivity index (χ2n) is 5.70. The normalized spacial score (nSPS) is 15.0. The maximum Gasteiger partial charge on any atom is 0.340 e. The zero-order valence-corrected chi connectivity index (χ0v) is 13.1. The molecule has 1 aliphatic heterocycles. The lowest BCUT2D eigenvalue weighted by Gasteiger charge is -2.21. The summed E-state index contributed by atoms with van der Waals surface area (Å²) in [4.78, 5) is 22.9. The Morgan fingerprint density at radius 2 is 1.87 bits per heavy atom. The molecule has 3 heterocycles. The van der Waals surface area contributed by atoms with Crippen molar-refractivity contribution in [1.29, 1.82) is 0 Å². The third kappa shape index (κ3) is 4.28. The number of ether oxygens (including phenoxy) is 1. The van der Waals surface area contributed by atoms with Crippen LogP contribution in [-0.2, 0) is 11.3 Å². The molecule has 3 rings (SSSR count). The lowest BCUT2D eigenvalue weighted by Crippen LogP contribution is -2.24. The van der Waals surface area contributed by atoms with Crippen LogP contribution in [0, 0.1) is 0 Å². The van der Waals surface area contributed by atoms with Crippen LogP contribution in [-0.4, -0.2) is 29.0 Å². The summed E-state index contributed by atoms with van der Waals surface area (Å²) in [5, 5.41) is 0. The zero-order valence-electron chi connectivity index (χ0n) is 13.1. The second-order valence-corrected chi connectivity index (χ2v) is 5.70. The second kappa shape index (κ2) is 7.72. The lowest BCUT2D eigenvalue weighted by atomic mass is 10.2. The molecule has 5 nitrogen and oxygen atoms in total. The predicted octanol–water partition coefficient (Wildman–Crippen LogP) is 3.21. The van der Waals surface area contributed by atoms with Crippen LogP contribution in [0.5, 0.6) is 0 Å². The van der Waals surface area contributed by atoms with Gasteiger partial charge in [0.15, 0.2) is 0 Å². The first kappa shape index (κ1) is 15.5. The van der Waals surface area contributed by atoms with Crippen molar-refractivity contribution < 1.29 is 9.53 Å². The summed E-state index contributed by atoms with van der Waals surface area (Å²) in [5.41, 5.74) is 1.20. The molecule has 2 aromatic rings. The molecule has 1 fully saturated rings. The van der Waals surface area contributed by atoms with Crippen molar-refractivity contribution in [1.82, 2.24) is 9.97 Å². The first-order chi connectivity index (χ1) is 11.3. The summed E-state index contributed by atoms with van der Waals surface area (Å²) in [6, 6.07) is 9.22. The highest BCUT2D eigenvalue weighted by Crippen LogP contribution is 2.17.